The second kappa shape index (κ2) is 8.48. The first-order chi connectivity index (χ1) is 10.6. The van der Waals surface area contributed by atoms with Crippen molar-refractivity contribution in [2.75, 3.05) is 26.7 Å². The Labute approximate surface area is 132 Å². The fourth-order valence-corrected chi connectivity index (χ4v) is 2.75. The zero-order valence-electron chi connectivity index (χ0n) is 13.5. The minimum absolute atomic E-state index is 0.0934. The quantitative estimate of drug-likeness (QED) is 0.676. The van der Waals surface area contributed by atoms with E-state index in [-0.39, 0.29) is 17.9 Å². The Balaban J connectivity index is 1.78. The third-order valence-corrected chi connectivity index (χ3v) is 4.21. The van der Waals surface area contributed by atoms with Gasteiger partial charge in [-0.25, -0.2) is 0 Å². The van der Waals surface area contributed by atoms with E-state index in [9.17, 15) is 10.2 Å². The predicted octanol–water partition coefficient (Wildman–Crippen LogP) is 1.34. The Morgan fingerprint density at radius 1 is 1.36 bits per heavy atom. The summed E-state index contributed by atoms with van der Waals surface area (Å²) in [6, 6.07) is 7.15. The Bertz CT molecular complexity index is 455. The minimum atomic E-state index is -0.519. The minimum Gasteiger partial charge on any atom is -0.508 e. The first kappa shape index (κ1) is 17.2. The molecule has 1 saturated heterocycles. The molecular formula is C17H28N2O3. The van der Waals surface area contributed by atoms with Crippen molar-refractivity contribution in [3.8, 4) is 5.75 Å². The summed E-state index contributed by atoms with van der Waals surface area (Å²) in [4.78, 5) is 2.21. The maximum Gasteiger partial charge on any atom is 0.120 e. The molecule has 0 aromatic heterocycles. The highest BCUT2D eigenvalue weighted by Crippen LogP contribution is 2.19. The highest BCUT2D eigenvalue weighted by molar-refractivity contribution is 5.31. The molecule has 0 aliphatic carbocycles. The first-order valence-corrected chi connectivity index (χ1v) is 8.10. The van der Waals surface area contributed by atoms with Gasteiger partial charge in [0.1, 0.15) is 5.75 Å². The van der Waals surface area contributed by atoms with E-state index in [0.717, 1.165) is 25.1 Å². The summed E-state index contributed by atoms with van der Waals surface area (Å²) in [5.74, 6) is 0.277. The number of nitrogens with one attached hydrogen (secondary N) is 1. The van der Waals surface area contributed by atoms with Gasteiger partial charge in [0.2, 0.25) is 0 Å². The summed E-state index contributed by atoms with van der Waals surface area (Å²) in [6.45, 7) is 4.97. The van der Waals surface area contributed by atoms with Crippen LogP contribution in [0.3, 0.4) is 0 Å². The average molecular weight is 308 g/mol. The number of aromatic hydroxyl groups is 1. The van der Waals surface area contributed by atoms with Crippen molar-refractivity contribution < 1.29 is 14.9 Å². The Morgan fingerprint density at radius 2 is 2.14 bits per heavy atom. The maximum absolute atomic E-state index is 10.4. The van der Waals surface area contributed by atoms with E-state index < -0.39 is 6.10 Å². The number of aliphatic hydroxyl groups excluding tert-OH is 1. The molecule has 0 radical (unpaired) electrons. The van der Waals surface area contributed by atoms with Gasteiger partial charge in [-0.2, -0.15) is 0 Å². The number of phenolic OH excluding ortho intramolecular Hbond substituents is 1. The van der Waals surface area contributed by atoms with Crippen molar-refractivity contribution in [3.05, 3.63) is 29.8 Å². The third-order valence-electron chi connectivity index (χ3n) is 4.21. The van der Waals surface area contributed by atoms with E-state index in [1.807, 2.05) is 12.1 Å². The summed E-state index contributed by atoms with van der Waals surface area (Å²) >= 11 is 0. The van der Waals surface area contributed by atoms with Gasteiger partial charge in [-0.15, -0.1) is 0 Å². The van der Waals surface area contributed by atoms with Crippen molar-refractivity contribution >= 4 is 0 Å². The van der Waals surface area contributed by atoms with Crippen LogP contribution < -0.4 is 5.32 Å². The zero-order valence-corrected chi connectivity index (χ0v) is 13.5. The van der Waals surface area contributed by atoms with Crippen LogP contribution in [0, 0.1) is 0 Å². The topological polar surface area (TPSA) is 65.0 Å². The molecule has 22 heavy (non-hydrogen) atoms. The molecule has 5 nitrogen and oxygen atoms in total. The van der Waals surface area contributed by atoms with E-state index >= 15 is 0 Å². The number of benzene rings is 1. The number of hydrogen-bond donors (Lipinski definition) is 3. The van der Waals surface area contributed by atoms with Crippen molar-refractivity contribution in [1.82, 2.24) is 10.2 Å². The van der Waals surface area contributed by atoms with Gasteiger partial charge in [-0.1, -0.05) is 31.5 Å². The molecule has 5 heteroatoms. The Morgan fingerprint density at radius 3 is 2.86 bits per heavy atom. The van der Waals surface area contributed by atoms with Crippen LogP contribution in [0.5, 0.6) is 5.75 Å². The van der Waals surface area contributed by atoms with Crippen LogP contribution in [0.25, 0.3) is 0 Å². The lowest BCUT2D eigenvalue weighted by Crippen LogP contribution is -2.44. The van der Waals surface area contributed by atoms with Crippen LogP contribution in [0.15, 0.2) is 24.3 Å². The molecule has 1 aliphatic rings. The molecular weight excluding hydrogens is 280 g/mol. The number of hydrogen-bond acceptors (Lipinski definition) is 5. The largest absolute Gasteiger partial charge is 0.508 e. The predicted molar refractivity (Wildman–Crippen MR) is 86.9 cm³/mol. The zero-order chi connectivity index (χ0) is 15.9. The molecule has 3 atom stereocenters. The standard InChI is InChI=1S/C17H28N2O3/c1-3-4-9-19(2)11-16-17(21)14(12-22-16)18-10-13-7-5-6-8-15(13)20/h5-8,14,16-18,20-21H,3-4,9-12H2,1-2H3/t14-,16-,17+/m0/s1. The molecule has 3 N–H and O–H groups in total. The van der Waals surface area contributed by atoms with Crippen LogP contribution in [0.1, 0.15) is 25.3 Å². The molecule has 1 heterocycles. The van der Waals surface area contributed by atoms with Crippen molar-refractivity contribution in [2.45, 2.75) is 44.6 Å². The van der Waals surface area contributed by atoms with Gasteiger partial charge in [-0.3, -0.25) is 0 Å². The normalized spacial score (nSPS) is 25.0. The van der Waals surface area contributed by atoms with E-state index in [2.05, 4.69) is 24.2 Å². The molecule has 1 aromatic carbocycles. The summed E-state index contributed by atoms with van der Waals surface area (Å²) in [5, 5.41) is 23.4. The lowest BCUT2D eigenvalue weighted by Gasteiger charge is -2.23. The number of likely N-dealkylation sites (N-methyl/N-ethyl adjacent to an activating group) is 1. The molecule has 124 valence electrons. The highest BCUT2D eigenvalue weighted by atomic mass is 16.5. The van der Waals surface area contributed by atoms with Crippen LogP contribution in [0.2, 0.25) is 0 Å². The monoisotopic (exact) mass is 308 g/mol. The van der Waals surface area contributed by atoms with Gasteiger partial charge >= 0.3 is 0 Å². The van der Waals surface area contributed by atoms with Crippen LogP contribution in [-0.2, 0) is 11.3 Å². The van der Waals surface area contributed by atoms with Crippen LogP contribution in [0.4, 0.5) is 0 Å². The van der Waals surface area contributed by atoms with E-state index in [1.165, 1.54) is 6.42 Å². The third kappa shape index (κ3) is 4.68. The molecule has 1 aromatic rings. The van der Waals surface area contributed by atoms with Gasteiger partial charge in [0.25, 0.3) is 0 Å². The van der Waals surface area contributed by atoms with Crippen LogP contribution in [-0.4, -0.2) is 60.1 Å². The first-order valence-electron chi connectivity index (χ1n) is 8.10. The van der Waals surface area contributed by atoms with Crippen molar-refractivity contribution in [3.63, 3.8) is 0 Å². The molecule has 0 amide bonds. The van der Waals surface area contributed by atoms with Gasteiger partial charge in [0.05, 0.1) is 24.9 Å². The second-order valence-corrected chi connectivity index (χ2v) is 6.09. The van der Waals surface area contributed by atoms with E-state index in [0.29, 0.717) is 13.2 Å². The molecule has 0 spiro atoms. The summed E-state index contributed by atoms with van der Waals surface area (Å²) in [6.07, 6.45) is 1.66. The number of rotatable bonds is 8. The number of nitrogens with zero attached hydrogens (tertiary/aromatic N) is 1. The lowest BCUT2D eigenvalue weighted by molar-refractivity contribution is 0.0199. The Hall–Kier alpha value is -1.14. The molecule has 1 aliphatic heterocycles. The number of ether oxygens (including phenoxy) is 1. The van der Waals surface area contributed by atoms with E-state index in [1.54, 1.807) is 12.1 Å². The number of aliphatic hydroxyl groups is 1. The van der Waals surface area contributed by atoms with E-state index in [4.69, 9.17) is 4.74 Å². The summed E-state index contributed by atoms with van der Waals surface area (Å²) < 4.78 is 5.73. The van der Waals surface area contributed by atoms with Crippen molar-refractivity contribution in [1.29, 1.82) is 0 Å². The average Bonchev–Trinajstić information content (AvgIpc) is 2.85. The number of para-hydroxylation sites is 1. The lowest BCUT2D eigenvalue weighted by atomic mass is 10.1. The van der Waals surface area contributed by atoms with Crippen LogP contribution >= 0.6 is 0 Å². The van der Waals surface area contributed by atoms with Gasteiger partial charge in [0, 0.05) is 18.7 Å². The van der Waals surface area contributed by atoms with Gasteiger partial charge in [0.15, 0.2) is 0 Å². The summed E-state index contributed by atoms with van der Waals surface area (Å²) in [5.41, 5.74) is 0.832. The summed E-state index contributed by atoms with van der Waals surface area (Å²) in [7, 11) is 2.06. The highest BCUT2D eigenvalue weighted by Gasteiger charge is 2.35. The van der Waals surface area contributed by atoms with Crippen molar-refractivity contribution in [2.24, 2.45) is 0 Å². The molecule has 0 unspecified atom stereocenters. The molecule has 1 fully saturated rings. The number of phenols is 1. The van der Waals surface area contributed by atoms with Gasteiger partial charge < -0.3 is 25.2 Å². The molecule has 0 saturated carbocycles. The number of unbranched alkanes of at least 4 members (excludes halogenated alkanes) is 1. The fraction of sp³-hybridized carbons (Fsp3) is 0.647. The Kier molecular flexibility index (Phi) is 6.64. The smallest absolute Gasteiger partial charge is 0.120 e. The maximum atomic E-state index is 10.4. The van der Waals surface area contributed by atoms with Gasteiger partial charge in [-0.05, 0) is 26.1 Å². The molecule has 0 bridgehead atoms. The molecule has 2 rings (SSSR count). The fourth-order valence-electron chi connectivity index (χ4n) is 2.75. The SMILES string of the molecule is CCCCN(C)C[C@@H]1OC[C@H](NCc2ccccc2O)[C@H]1O. The second-order valence-electron chi connectivity index (χ2n) is 6.09.